The molecule has 1 aliphatic heterocycles. The predicted octanol–water partition coefficient (Wildman–Crippen LogP) is 6.33. The SMILES string of the molecule is Cc1cc(C)c(-c2ccc(-c3ccc(CN4CCOCC4)nc3)c3ccccc23)cc1C. The summed E-state index contributed by atoms with van der Waals surface area (Å²) in [6.07, 6.45) is 2.03. The Balaban J connectivity index is 1.52. The van der Waals surface area contributed by atoms with E-state index in [1.807, 2.05) is 6.20 Å². The standard InChI is InChI=1S/C29H30N2O/c1-20-16-22(3)29(17-21(20)2)28-11-10-25(26-6-4-5-7-27(26)28)23-8-9-24(30-18-23)19-31-12-14-32-15-13-31/h4-11,16-18H,12-15,19H2,1-3H3. The van der Waals surface area contributed by atoms with Crippen LogP contribution in [0.2, 0.25) is 0 Å². The van der Waals surface area contributed by atoms with Gasteiger partial charge in [0.15, 0.2) is 0 Å². The summed E-state index contributed by atoms with van der Waals surface area (Å²) in [6, 6.07) is 22.3. The molecule has 162 valence electrons. The van der Waals surface area contributed by atoms with Crippen molar-refractivity contribution in [2.24, 2.45) is 0 Å². The van der Waals surface area contributed by atoms with Crippen molar-refractivity contribution in [3.63, 3.8) is 0 Å². The number of aryl methyl sites for hydroxylation is 3. The van der Waals surface area contributed by atoms with E-state index >= 15 is 0 Å². The van der Waals surface area contributed by atoms with Crippen LogP contribution < -0.4 is 0 Å². The van der Waals surface area contributed by atoms with E-state index in [1.165, 1.54) is 44.2 Å². The second-order valence-corrected chi connectivity index (χ2v) is 8.88. The van der Waals surface area contributed by atoms with E-state index in [4.69, 9.17) is 9.72 Å². The number of aromatic nitrogens is 1. The molecule has 0 aliphatic carbocycles. The van der Waals surface area contributed by atoms with Gasteiger partial charge >= 0.3 is 0 Å². The van der Waals surface area contributed by atoms with E-state index in [9.17, 15) is 0 Å². The zero-order valence-electron chi connectivity index (χ0n) is 19.2. The van der Waals surface area contributed by atoms with Gasteiger partial charge in [-0.3, -0.25) is 9.88 Å². The molecule has 1 aromatic heterocycles. The lowest BCUT2D eigenvalue weighted by Crippen LogP contribution is -2.35. The number of benzene rings is 3. The molecule has 0 atom stereocenters. The normalized spacial score (nSPS) is 14.7. The lowest BCUT2D eigenvalue weighted by atomic mass is 9.89. The summed E-state index contributed by atoms with van der Waals surface area (Å²) >= 11 is 0. The van der Waals surface area contributed by atoms with Crippen LogP contribution >= 0.6 is 0 Å². The summed E-state index contributed by atoms with van der Waals surface area (Å²) in [7, 11) is 0. The second kappa shape index (κ2) is 8.85. The first-order chi connectivity index (χ1) is 15.6. The van der Waals surface area contributed by atoms with Crippen molar-refractivity contribution in [2.45, 2.75) is 27.3 Å². The maximum atomic E-state index is 5.45. The van der Waals surface area contributed by atoms with Gasteiger partial charge in [0.05, 0.1) is 18.9 Å². The summed E-state index contributed by atoms with van der Waals surface area (Å²) in [6.45, 7) is 11.1. The van der Waals surface area contributed by atoms with Gasteiger partial charge in [-0.1, -0.05) is 54.6 Å². The lowest BCUT2D eigenvalue weighted by molar-refractivity contribution is 0.0336. The van der Waals surface area contributed by atoms with Gasteiger partial charge in [0.1, 0.15) is 0 Å². The molecule has 4 aromatic rings. The van der Waals surface area contributed by atoms with Gasteiger partial charge in [-0.2, -0.15) is 0 Å². The number of hydrogen-bond donors (Lipinski definition) is 0. The molecule has 1 saturated heterocycles. The van der Waals surface area contributed by atoms with Crippen LogP contribution in [0.1, 0.15) is 22.4 Å². The maximum absolute atomic E-state index is 5.45. The van der Waals surface area contributed by atoms with E-state index in [2.05, 4.69) is 86.3 Å². The Labute approximate surface area is 190 Å². The molecule has 5 rings (SSSR count). The molecule has 0 unspecified atom stereocenters. The van der Waals surface area contributed by atoms with Gasteiger partial charge < -0.3 is 4.74 Å². The topological polar surface area (TPSA) is 25.4 Å². The third-order valence-electron chi connectivity index (χ3n) is 6.68. The highest BCUT2D eigenvalue weighted by molar-refractivity contribution is 6.05. The van der Waals surface area contributed by atoms with Crippen LogP contribution in [-0.4, -0.2) is 36.2 Å². The Hall–Kier alpha value is -3.01. The van der Waals surface area contributed by atoms with E-state index in [-0.39, 0.29) is 0 Å². The zero-order chi connectivity index (χ0) is 22.1. The highest BCUT2D eigenvalue weighted by Crippen LogP contribution is 2.37. The molecule has 3 heteroatoms. The summed E-state index contributed by atoms with van der Waals surface area (Å²) in [5.74, 6) is 0. The molecule has 0 radical (unpaired) electrons. The number of fused-ring (bicyclic) bond motifs is 1. The van der Waals surface area contributed by atoms with Crippen molar-refractivity contribution in [1.29, 1.82) is 0 Å². The number of morpholine rings is 1. The second-order valence-electron chi connectivity index (χ2n) is 8.88. The first kappa shape index (κ1) is 20.9. The van der Waals surface area contributed by atoms with E-state index < -0.39 is 0 Å². The van der Waals surface area contributed by atoms with E-state index in [0.29, 0.717) is 0 Å². The van der Waals surface area contributed by atoms with Crippen LogP contribution in [0.25, 0.3) is 33.0 Å². The van der Waals surface area contributed by atoms with Gasteiger partial charge in [-0.25, -0.2) is 0 Å². The van der Waals surface area contributed by atoms with Gasteiger partial charge in [0.25, 0.3) is 0 Å². The molecule has 3 aromatic carbocycles. The molecule has 3 nitrogen and oxygen atoms in total. The number of pyridine rings is 1. The predicted molar refractivity (Wildman–Crippen MR) is 133 cm³/mol. The minimum atomic E-state index is 0.816. The summed E-state index contributed by atoms with van der Waals surface area (Å²) in [4.78, 5) is 7.19. The molecule has 0 bridgehead atoms. The summed E-state index contributed by atoms with van der Waals surface area (Å²) < 4.78 is 5.45. The van der Waals surface area contributed by atoms with Crippen molar-refractivity contribution in [1.82, 2.24) is 9.88 Å². The fraction of sp³-hybridized carbons (Fsp3) is 0.276. The maximum Gasteiger partial charge on any atom is 0.0594 e. The van der Waals surface area contributed by atoms with Crippen molar-refractivity contribution in [2.75, 3.05) is 26.3 Å². The molecule has 2 heterocycles. The summed E-state index contributed by atoms with van der Waals surface area (Å²) in [5.41, 5.74) is 10.1. The van der Waals surface area contributed by atoms with Crippen molar-refractivity contribution >= 4 is 10.8 Å². The van der Waals surface area contributed by atoms with Crippen molar-refractivity contribution in [3.8, 4) is 22.3 Å². The Bertz CT molecular complexity index is 1250. The van der Waals surface area contributed by atoms with Crippen LogP contribution in [0.5, 0.6) is 0 Å². The van der Waals surface area contributed by atoms with Gasteiger partial charge in [-0.05, 0) is 71.0 Å². The lowest BCUT2D eigenvalue weighted by Gasteiger charge is -2.26. The Morgan fingerprint density at radius 1 is 0.750 bits per heavy atom. The van der Waals surface area contributed by atoms with Crippen LogP contribution in [0.3, 0.4) is 0 Å². The Morgan fingerprint density at radius 2 is 1.44 bits per heavy atom. The van der Waals surface area contributed by atoms with E-state index in [1.54, 1.807) is 0 Å². The smallest absolute Gasteiger partial charge is 0.0594 e. The van der Waals surface area contributed by atoms with Crippen LogP contribution in [0.4, 0.5) is 0 Å². The molecule has 0 N–H and O–H groups in total. The minimum Gasteiger partial charge on any atom is -0.379 e. The Kier molecular flexibility index (Phi) is 5.77. The van der Waals surface area contributed by atoms with Gasteiger partial charge in [0, 0.05) is 31.4 Å². The Morgan fingerprint density at radius 3 is 2.16 bits per heavy atom. The van der Waals surface area contributed by atoms with Crippen molar-refractivity contribution < 1.29 is 4.74 Å². The van der Waals surface area contributed by atoms with E-state index in [0.717, 1.165) is 44.1 Å². The molecule has 0 spiro atoms. The van der Waals surface area contributed by atoms with Crippen molar-refractivity contribution in [3.05, 3.63) is 89.2 Å². The first-order valence-corrected chi connectivity index (χ1v) is 11.5. The summed E-state index contributed by atoms with van der Waals surface area (Å²) in [5, 5.41) is 2.55. The monoisotopic (exact) mass is 422 g/mol. The van der Waals surface area contributed by atoms with Gasteiger partial charge in [-0.15, -0.1) is 0 Å². The number of ether oxygens (including phenoxy) is 1. The highest BCUT2D eigenvalue weighted by atomic mass is 16.5. The average molecular weight is 423 g/mol. The van der Waals surface area contributed by atoms with Crippen LogP contribution in [0, 0.1) is 20.8 Å². The fourth-order valence-corrected chi connectivity index (χ4v) is 4.70. The fourth-order valence-electron chi connectivity index (χ4n) is 4.70. The average Bonchev–Trinajstić information content (AvgIpc) is 2.82. The number of hydrogen-bond acceptors (Lipinski definition) is 3. The third kappa shape index (κ3) is 4.06. The molecule has 1 fully saturated rings. The first-order valence-electron chi connectivity index (χ1n) is 11.5. The molecule has 32 heavy (non-hydrogen) atoms. The quantitative estimate of drug-likeness (QED) is 0.384. The minimum absolute atomic E-state index is 0.816. The van der Waals surface area contributed by atoms with Crippen LogP contribution in [-0.2, 0) is 11.3 Å². The molecule has 0 saturated carbocycles. The largest absolute Gasteiger partial charge is 0.379 e. The third-order valence-corrected chi connectivity index (χ3v) is 6.68. The molecular weight excluding hydrogens is 392 g/mol. The number of rotatable bonds is 4. The van der Waals surface area contributed by atoms with Gasteiger partial charge in [0.2, 0.25) is 0 Å². The molecular formula is C29H30N2O. The highest BCUT2D eigenvalue weighted by Gasteiger charge is 2.14. The molecule has 1 aliphatic rings. The number of nitrogens with zero attached hydrogens (tertiary/aromatic N) is 2. The van der Waals surface area contributed by atoms with Crippen LogP contribution in [0.15, 0.2) is 66.9 Å². The zero-order valence-corrected chi connectivity index (χ0v) is 19.2. The molecule has 0 amide bonds.